The molecule has 2 N–H and O–H groups in total. The molecule has 0 aliphatic heterocycles. The Morgan fingerprint density at radius 1 is 0.868 bits per heavy atom. The van der Waals surface area contributed by atoms with Gasteiger partial charge in [0, 0.05) is 36.0 Å². The van der Waals surface area contributed by atoms with Crippen molar-refractivity contribution in [2.24, 2.45) is 0 Å². The van der Waals surface area contributed by atoms with Crippen LogP contribution in [0.5, 0.6) is 0 Å². The van der Waals surface area contributed by atoms with Crippen molar-refractivity contribution >= 4 is 34.1 Å². The Balaban J connectivity index is 1.40. The molecule has 5 rings (SSSR count). The third kappa shape index (κ3) is 5.71. The van der Waals surface area contributed by atoms with Crippen molar-refractivity contribution in [3.63, 3.8) is 0 Å². The van der Waals surface area contributed by atoms with E-state index in [1.165, 1.54) is 22.2 Å². The van der Waals surface area contributed by atoms with Crippen LogP contribution in [0, 0.1) is 0 Å². The number of nitrogens with zero attached hydrogens (tertiary/aromatic N) is 4. The average Bonchev–Trinajstić information content (AvgIpc) is 3.66. The van der Waals surface area contributed by atoms with Crippen LogP contribution in [0.15, 0.2) is 103 Å². The van der Waals surface area contributed by atoms with Gasteiger partial charge in [0.15, 0.2) is 10.9 Å². The second-order valence-corrected chi connectivity index (χ2v) is 9.15. The van der Waals surface area contributed by atoms with Gasteiger partial charge in [-0.2, -0.15) is 5.10 Å². The Labute approximate surface area is 222 Å². The number of thiazole rings is 1. The van der Waals surface area contributed by atoms with Gasteiger partial charge in [0.05, 0.1) is 11.3 Å². The fraction of sp³-hybridized carbons (Fsp3) is 0.0714. The van der Waals surface area contributed by atoms with Gasteiger partial charge in [0.2, 0.25) is 5.78 Å². The van der Waals surface area contributed by atoms with Crippen molar-refractivity contribution in [3.05, 3.63) is 114 Å². The van der Waals surface area contributed by atoms with E-state index < -0.39 is 23.6 Å². The molecule has 0 aliphatic rings. The highest BCUT2D eigenvalue weighted by Crippen LogP contribution is 2.19. The number of anilines is 1. The molecule has 0 bridgehead atoms. The van der Waals surface area contributed by atoms with E-state index in [0.717, 1.165) is 16.8 Å². The molecular weight excluding hydrogens is 500 g/mol. The van der Waals surface area contributed by atoms with Crippen molar-refractivity contribution < 1.29 is 14.4 Å². The first-order valence-corrected chi connectivity index (χ1v) is 12.6. The second kappa shape index (κ2) is 11.4. The molecule has 1 atom stereocenters. The summed E-state index contributed by atoms with van der Waals surface area (Å²) in [4.78, 5) is 47.7. The lowest BCUT2D eigenvalue weighted by atomic mass is 10.0. The number of hydrogen-bond acceptors (Lipinski definition) is 7. The molecule has 5 aromatic rings. The minimum Gasteiger partial charge on any atom is -0.341 e. The van der Waals surface area contributed by atoms with Gasteiger partial charge in [0.25, 0.3) is 11.8 Å². The largest absolute Gasteiger partial charge is 0.341 e. The van der Waals surface area contributed by atoms with E-state index in [1.54, 1.807) is 29.9 Å². The third-order valence-corrected chi connectivity index (χ3v) is 6.38. The Morgan fingerprint density at radius 3 is 2.37 bits per heavy atom. The van der Waals surface area contributed by atoms with Crippen LogP contribution in [0.1, 0.15) is 15.9 Å². The number of hydrogen-bond donors (Lipinski definition) is 2. The summed E-state index contributed by atoms with van der Waals surface area (Å²) in [7, 11) is 0. The van der Waals surface area contributed by atoms with Crippen LogP contribution >= 0.6 is 11.3 Å². The first-order valence-electron chi connectivity index (χ1n) is 11.7. The molecule has 0 aliphatic carbocycles. The minimum absolute atomic E-state index is 0.131. The number of rotatable bonds is 9. The van der Waals surface area contributed by atoms with Crippen LogP contribution in [0.2, 0.25) is 0 Å². The molecule has 188 valence electrons. The number of ketones is 1. The molecule has 0 radical (unpaired) electrons. The summed E-state index contributed by atoms with van der Waals surface area (Å²) < 4.78 is 1.51. The molecule has 2 aromatic carbocycles. The Kier molecular flexibility index (Phi) is 7.42. The number of carbonyl (C=O) groups excluding carboxylic acids is 3. The fourth-order valence-corrected chi connectivity index (χ4v) is 4.38. The van der Waals surface area contributed by atoms with Crippen molar-refractivity contribution in [3.8, 4) is 17.1 Å². The van der Waals surface area contributed by atoms with Gasteiger partial charge in [-0.3, -0.25) is 19.7 Å². The van der Waals surface area contributed by atoms with Gasteiger partial charge >= 0.3 is 0 Å². The summed E-state index contributed by atoms with van der Waals surface area (Å²) in [5.74, 6) is -1.90. The van der Waals surface area contributed by atoms with Gasteiger partial charge in [-0.15, -0.1) is 11.3 Å². The molecule has 3 heterocycles. The van der Waals surface area contributed by atoms with Crippen LogP contribution < -0.4 is 10.6 Å². The number of Topliss-reactive ketones (excluding diaryl/α,β-unsaturated/α-hetero) is 1. The third-order valence-electron chi connectivity index (χ3n) is 5.69. The molecule has 0 saturated heterocycles. The predicted molar refractivity (Wildman–Crippen MR) is 144 cm³/mol. The van der Waals surface area contributed by atoms with Crippen LogP contribution in [-0.4, -0.2) is 43.4 Å². The zero-order chi connectivity index (χ0) is 26.3. The zero-order valence-corrected chi connectivity index (χ0v) is 20.8. The molecule has 0 fully saturated rings. The van der Waals surface area contributed by atoms with Gasteiger partial charge in [-0.05, 0) is 23.8 Å². The fourth-order valence-electron chi connectivity index (χ4n) is 3.86. The van der Waals surface area contributed by atoms with Crippen LogP contribution in [0.25, 0.3) is 17.1 Å². The van der Waals surface area contributed by atoms with E-state index in [-0.39, 0.29) is 12.0 Å². The molecule has 2 amide bonds. The number of benzene rings is 2. The first kappa shape index (κ1) is 24.7. The van der Waals surface area contributed by atoms with E-state index in [2.05, 4.69) is 25.7 Å². The summed E-state index contributed by atoms with van der Waals surface area (Å²) in [6.07, 6.45) is 4.93. The molecule has 1 unspecified atom stereocenters. The molecular formula is C28H22N6O3S. The van der Waals surface area contributed by atoms with Crippen molar-refractivity contribution in [1.82, 2.24) is 25.1 Å². The number of amides is 2. The van der Waals surface area contributed by atoms with E-state index in [1.807, 2.05) is 66.7 Å². The van der Waals surface area contributed by atoms with Crippen molar-refractivity contribution in [1.29, 1.82) is 0 Å². The average molecular weight is 523 g/mol. The topological polar surface area (TPSA) is 119 Å². The van der Waals surface area contributed by atoms with Crippen LogP contribution in [0.4, 0.5) is 5.13 Å². The quantitative estimate of drug-likeness (QED) is 0.283. The molecule has 3 aromatic heterocycles. The number of aromatic nitrogens is 4. The Bertz CT molecular complexity index is 1550. The number of carbonyl (C=O) groups is 3. The first-order chi connectivity index (χ1) is 18.6. The van der Waals surface area contributed by atoms with E-state index in [9.17, 15) is 14.4 Å². The monoisotopic (exact) mass is 522 g/mol. The molecule has 0 spiro atoms. The normalized spacial score (nSPS) is 11.5. The van der Waals surface area contributed by atoms with Gasteiger partial charge < -0.3 is 5.32 Å². The summed E-state index contributed by atoms with van der Waals surface area (Å²) in [5.41, 5.74) is 2.65. The van der Waals surface area contributed by atoms with Crippen LogP contribution in [0.3, 0.4) is 0 Å². The maximum atomic E-state index is 13.5. The molecule has 10 heteroatoms. The number of nitrogens with one attached hydrogen (secondary N) is 2. The standard InChI is InChI=1S/C28H22N6O3S/c35-24(27(37)32-28-30-15-17-38-28)23(18-19-8-3-1-4-9-19)31-26(36)21-12-7-14-29-25(21)34-16-13-22(33-34)20-10-5-2-6-11-20/h1-17,23H,18H2,(H,31,36)(H,30,32,37). The highest BCUT2D eigenvalue weighted by atomic mass is 32.1. The summed E-state index contributed by atoms with van der Waals surface area (Å²) in [6.45, 7) is 0. The molecule has 0 saturated carbocycles. The van der Waals surface area contributed by atoms with Crippen molar-refractivity contribution in [2.45, 2.75) is 12.5 Å². The lowest BCUT2D eigenvalue weighted by molar-refractivity contribution is -0.135. The zero-order valence-electron chi connectivity index (χ0n) is 20.0. The Morgan fingerprint density at radius 2 is 1.63 bits per heavy atom. The van der Waals surface area contributed by atoms with Gasteiger partial charge in [-0.25, -0.2) is 14.6 Å². The predicted octanol–water partition coefficient (Wildman–Crippen LogP) is 3.94. The summed E-state index contributed by atoms with van der Waals surface area (Å²) in [6, 6.07) is 22.7. The molecule has 38 heavy (non-hydrogen) atoms. The maximum absolute atomic E-state index is 13.5. The SMILES string of the molecule is O=C(Nc1nccs1)C(=O)C(Cc1ccccc1)NC(=O)c1cccnc1-n1ccc(-c2ccccc2)n1. The maximum Gasteiger partial charge on any atom is 0.295 e. The van der Waals surface area contributed by atoms with Gasteiger partial charge in [0.1, 0.15) is 6.04 Å². The highest BCUT2D eigenvalue weighted by Gasteiger charge is 2.29. The van der Waals surface area contributed by atoms with E-state index >= 15 is 0 Å². The lowest BCUT2D eigenvalue weighted by Gasteiger charge is -2.18. The van der Waals surface area contributed by atoms with E-state index in [4.69, 9.17) is 0 Å². The van der Waals surface area contributed by atoms with Gasteiger partial charge in [-0.1, -0.05) is 60.7 Å². The van der Waals surface area contributed by atoms with Crippen molar-refractivity contribution in [2.75, 3.05) is 5.32 Å². The van der Waals surface area contributed by atoms with Crippen LogP contribution in [-0.2, 0) is 16.0 Å². The number of pyridine rings is 1. The van der Waals surface area contributed by atoms with E-state index in [0.29, 0.717) is 10.9 Å². The Hall–Kier alpha value is -4.96. The summed E-state index contributed by atoms with van der Waals surface area (Å²) in [5, 5.41) is 11.8. The second-order valence-electron chi connectivity index (χ2n) is 8.26. The lowest BCUT2D eigenvalue weighted by Crippen LogP contribution is -2.47. The molecule has 9 nitrogen and oxygen atoms in total. The summed E-state index contributed by atoms with van der Waals surface area (Å²) >= 11 is 1.19. The highest BCUT2D eigenvalue weighted by molar-refractivity contribution is 7.13. The minimum atomic E-state index is -1.12. The smallest absolute Gasteiger partial charge is 0.295 e.